The van der Waals surface area contributed by atoms with E-state index >= 15 is 0 Å². The Morgan fingerprint density at radius 2 is 2.00 bits per heavy atom. The molecule has 0 N–H and O–H groups in total. The number of Topliss-reactive ketones (excluding diaryl/α,β-unsaturated/α-hetero) is 1. The molecule has 1 aromatic rings. The Bertz CT molecular complexity index is 395. The summed E-state index contributed by atoms with van der Waals surface area (Å²) in [6.45, 7) is 3.72. The average molecular weight is 232 g/mol. The lowest BCUT2D eigenvalue weighted by molar-refractivity contribution is -0.143. The average Bonchev–Trinajstić information content (AvgIpc) is 2.36. The van der Waals surface area contributed by atoms with E-state index in [4.69, 9.17) is 0 Å². The number of carbonyl (C=O) groups excluding carboxylic acids is 2. The molecular weight excluding hydrogens is 216 g/mol. The van der Waals surface area contributed by atoms with Crippen molar-refractivity contribution in [3.05, 3.63) is 48.6 Å². The molecule has 0 heterocycles. The van der Waals surface area contributed by atoms with Gasteiger partial charge in [-0.25, -0.2) is 0 Å². The molecule has 0 aliphatic heterocycles. The summed E-state index contributed by atoms with van der Waals surface area (Å²) in [4.78, 5) is 22.6. The standard InChI is InChI=1S/C14H16O3/c1-3-11(12-7-5-4-6-8-12)9-13(15)10-14(16)17-2/h3-8,11H,1,9-10H2,2H3/t11-/m1/s1. The molecule has 0 saturated carbocycles. The van der Waals surface area contributed by atoms with Crippen LogP contribution >= 0.6 is 0 Å². The molecule has 0 unspecified atom stereocenters. The van der Waals surface area contributed by atoms with Gasteiger partial charge in [-0.3, -0.25) is 9.59 Å². The summed E-state index contributed by atoms with van der Waals surface area (Å²) in [6.07, 6.45) is 1.83. The summed E-state index contributed by atoms with van der Waals surface area (Å²) < 4.78 is 4.46. The predicted octanol–water partition coefficient (Wildman–Crippen LogP) is 2.48. The van der Waals surface area contributed by atoms with Gasteiger partial charge in [-0.05, 0) is 5.56 Å². The zero-order chi connectivity index (χ0) is 12.7. The van der Waals surface area contributed by atoms with Crippen molar-refractivity contribution >= 4 is 11.8 Å². The first-order chi connectivity index (χ1) is 8.17. The number of ether oxygens (including phenoxy) is 1. The molecule has 3 nitrogen and oxygen atoms in total. The fourth-order valence-electron chi connectivity index (χ4n) is 1.59. The molecule has 0 amide bonds. The van der Waals surface area contributed by atoms with Gasteiger partial charge in [0.15, 0.2) is 0 Å². The fourth-order valence-corrected chi connectivity index (χ4v) is 1.59. The van der Waals surface area contributed by atoms with Crippen LogP contribution in [0, 0.1) is 0 Å². The maximum absolute atomic E-state index is 11.6. The molecule has 0 bridgehead atoms. The Hall–Kier alpha value is -1.90. The van der Waals surface area contributed by atoms with E-state index in [1.807, 2.05) is 30.3 Å². The van der Waals surface area contributed by atoms with E-state index in [2.05, 4.69) is 11.3 Å². The van der Waals surface area contributed by atoms with Crippen molar-refractivity contribution in [2.45, 2.75) is 18.8 Å². The number of esters is 1. The quantitative estimate of drug-likeness (QED) is 0.430. The van der Waals surface area contributed by atoms with Gasteiger partial charge in [-0.15, -0.1) is 6.58 Å². The zero-order valence-electron chi connectivity index (χ0n) is 9.89. The van der Waals surface area contributed by atoms with Crippen LogP contribution < -0.4 is 0 Å². The Balaban J connectivity index is 2.62. The van der Waals surface area contributed by atoms with Crippen LogP contribution in [-0.2, 0) is 14.3 Å². The highest BCUT2D eigenvalue weighted by atomic mass is 16.5. The van der Waals surface area contributed by atoms with E-state index in [9.17, 15) is 9.59 Å². The number of carbonyl (C=O) groups is 2. The molecule has 1 atom stereocenters. The summed E-state index contributed by atoms with van der Waals surface area (Å²) in [6, 6.07) is 9.63. The number of methoxy groups -OCH3 is 1. The van der Waals surface area contributed by atoms with Crippen LogP contribution in [0.4, 0.5) is 0 Å². The van der Waals surface area contributed by atoms with E-state index in [0.717, 1.165) is 5.56 Å². The van der Waals surface area contributed by atoms with Crippen molar-refractivity contribution in [1.82, 2.24) is 0 Å². The van der Waals surface area contributed by atoms with Crippen LogP contribution in [0.2, 0.25) is 0 Å². The second-order valence-electron chi connectivity index (χ2n) is 3.75. The van der Waals surface area contributed by atoms with Gasteiger partial charge in [0.25, 0.3) is 0 Å². The number of hydrogen-bond donors (Lipinski definition) is 0. The predicted molar refractivity (Wildman–Crippen MR) is 65.6 cm³/mol. The highest BCUT2D eigenvalue weighted by Gasteiger charge is 2.15. The Morgan fingerprint density at radius 3 is 2.53 bits per heavy atom. The van der Waals surface area contributed by atoms with Gasteiger partial charge in [0.2, 0.25) is 0 Å². The van der Waals surface area contributed by atoms with Crippen molar-refractivity contribution < 1.29 is 14.3 Å². The third-order valence-corrected chi connectivity index (χ3v) is 2.53. The highest BCUT2D eigenvalue weighted by molar-refractivity contribution is 5.95. The van der Waals surface area contributed by atoms with Crippen molar-refractivity contribution in [3.8, 4) is 0 Å². The van der Waals surface area contributed by atoms with Crippen molar-refractivity contribution in [2.75, 3.05) is 7.11 Å². The van der Waals surface area contributed by atoms with Crippen molar-refractivity contribution in [2.24, 2.45) is 0 Å². The van der Waals surface area contributed by atoms with E-state index in [-0.39, 0.29) is 24.5 Å². The van der Waals surface area contributed by atoms with Crippen molar-refractivity contribution in [1.29, 1.82) is 0 Å². The molecular formula is C14H16O3. The third-order valence-electron chi connectivity index (χ3n) is 2.53. The van der Waals surface area contributed by atoms with Gasteiger partial charge in [-0.1, -0.05) is 36.4 Å². The van der Waals surface area contributed by atoms with E-state index in [1.165, 1.54) is 7.11 Å². The van der Waals surface area contributed by atoms with Gasteiger partial charge >= 0.3 is 5.97 Å². The van der Waals surface area contributed by atoms with Gasteiger partial charge in [-0.2, -0.15) is 0 Å². The fraction of sp³-hybridized carbons (Fsp3) is 0.286. The van der Waals surface area contributed by atoms with Crippen LogP contribution in [0.1, 0.15) is 24.3 Å². The minimum atomic E-state index is -0.495. The van der Waals surface area contributed by atoms with Crippen LogP contribution in [0.3, 0.4) is 0 Å². The maximum atomic E-state index is 11.6. The van der Waals surface area contributed by atoms with E-state index in [0.29, 0.717) is 0 Å². The summed E-state index contributed by atoms with van der Waals surface area (Å²) in [5, 5.41) is 0. The third kappa shape index (κ3) is 4.23. The molecule has 0 aliphatic rings. The lowest BCUT2D eigenvalue weighted by Crippen LogP contribution is -2.12. The Morgan fingerprint density at radius 1 is 1.35 bits per heavy atom. The molecule has 0 spiro atoms. The maximum Gasteiger partial charge on any atom is 0.313 e. The first-order valence-corrected chi connectivity index (χ1v) is 5.43. The molecule has 0 fully saturated rings. The summed E-state index contributed by atoms with van der Waals surface area (Å²) in [7, 11) is 1.28. The SMILES string of the molecule is C=C[C@H](CC(=O)CC(=O)OC)c1ccccc1. The normalized spacial score (nSPS) is 11.6. The second kappa shape index (κ2) is 6.63. The van der Waals surface area contributed by atoms with Gasteiger partial charge in [0.05, 0.1) is 7.11 Å². The summed E-state index contributed by atoms with van der Waals surface area (Å²) >= 11 is 0. The van der Waals surface area contributed by atoms with Crippen molar-refractivity contribution in [3.63, 3.8) is 0 Å². The molecule has 1 rings (SSSR count). The molecule has 90 valence electrons. The topological polar surface area (TPSA) is 43.4 Å². The lowest BCUT2D eigenvalue weighted by Gasteiger charge is -2.11. The first-order valence-electron chi connectivity index (χ1n) is 5.43. The molecule has 0 aliphatic carbocycles. The highest BCUT2D eigenvalue weighted by Crippen LogP contribution is 2.21. The monoisotopic (exact) mass is 232 g/mol. The number of hydrogen-bond acceptors (Lipinski definition) is 3. The molecule has 0 aromatic heterocycles. The smallest absolute Gasteiger partial charge is 0.313 e. The summed E-state index contributed by atoms with van der Waals surface area (Å²) in [5.74, 6) is -0.676. The van der Waals surface area contributed by atoms with E-state index < -0.39 is 5.97 Å². The van der Waals surface area contributed by atoms with Crippen LogP contribution in [0.5, 0.6) is 0 Å². The lowest BCUT2D eigenvalue weighted by atomic mass is 9.93. The van der Waals surface area contributed by atoms with Crippen LogP contribution in [-0.4, -0.2) is 18.9 Å². The number of rotatable bonds is 6. The van der Waals surface area contributed by atoms with Crippen LogP contribution in [0.15, 0.2) is 43.0 Å². The molecule has 0 saturated heterocycles. The molecule has 1 aromatic carbocycles. The van der Waals surface area contributed by atoms with Gasteiger partial charge in [0.1, 0.15) is 12.2 Å². The number of benzene rings is 1. The van der Waals surface area contributed by atoms with E-state index in [1.54, 1.807) is 6.08 Å². The number of ketones is 1. The second-order valence-corrected chi connectivity index (χ2v) is 3.75. The first kappa shape index (κ1) is 13.2. The molecule has 0 radical (unpaired) electrons. The Kier molecular flexibility index (Phi) is 5.14. The Labute approximate surface area is 101 Å². The van der Waals surface area contributed by atoms with Gasteiger partial charge in [0, 0.05) is 12.3 Å². The van der Waals surface area contributed by atoms with Gasteiger partial charge < -0.3 is 4.74 Å². The minimum Gasteiger partial charge on any atom is -0.469 e. The molecule has 3 heteroatoms. The minimum absolute atomic E-state index is 0.0478. The zero-order valence-corrected chi connectivity index (χ0v) is 9.89. The van der Waals surface area contributed by atoms with Crippen LogP contribution in [0.25, 0.3) is 0 Å². The summed E-state index contributed by atoms with van der Waals surface area (Å²) in [5.41, 5.74) is 1.03. The largest absolute Gasteiger partial charge is 0.469 e. The molecule has 17 heavy (non-hydrogen) atoms. The number of allylic oxidation sites excluding steroid dienone is 1.